The van der Waals surface area contributed by atoms with Crippen molar-refractivity contribution in [3.05, 3.63) is 108 Å². The molecular weight excluding hydrogens is 280 g/mol. The lowest BCUT2D eigenvalue weighted by Gasteiger charge is -2.35. The summed E-state index contributed by atoms with van der Waals surface area (Å²) < 4.78 is 0. The number of hydrogen-bond acceptors (Lipinski definition) is 2. The van der Waals surface area contributed by atoms with Crippen LogP contribution in [0.4, 0.5) is 0 Å². The normalized spacial score (nSPS) is 12.6. The van der Waals surface area contributed by atoms with Crippen molar-refractivity contribution in [3.63, 3.8) is 0 Å². The first-order chi connectivity index (χ1) is 11.3. The summed E-state index contributed by atoms with van der Waals surface area (Å²) in [6, 6.07) is 30.6. The Morgan fingerprint density at radius 1 is 0.696 bits per heavy atom. The Morgan fingerprint density at radius 3 is 1.48 bits per heavy atom. The third kappa shape index (κ3) is 2.68. The van der Waals surface area contributed by atoms with Crippen LogP contribution < -0.4 is 0 Å². The van der Waals surface area contributed by atoms with E-state index in [0.717, 1.165) is 11.1 Å². The highest BCUT2D eigenvalue weighted by molar-refractivity contribution is 5.43. The highest BCUT2D eigenvalue weighted by Gasteiger charge is 2.40. The van der Waals surface area contributed by atoms with E-state index in [-0.39, 0.29) is 5.92 Å². The maximum absolute atomic E-state index is 8.09. The number of nitrogens with one attached hydrogen (secondary N) is 1. The maximum atomic E-state index is 8.09. The molecule has 3 aromatic rings. The molecule has 1 unspecified atom stereocenters. The fraction of sp³-hybridized carbons (Fsp3) is 0.143. The van der Waals surface area contributed by atoms with Gasteiger partial charge in [-0.2, -0.15) is 5.11 Å². The molecule has 0 heterocycles. The summed E-state index contributed by atoms with van der Waals surface area (Å²) in [6.07, 6.45) is 0. The summed E-state index contributed by atoms with van der Waals surface area (Å²) in [6.45, 7) is 2.15. The van der Waals surface area contributed by atoms with Gasteiger partial charge in [0.25, 0.3) is 0 Å². The van der Waals surface area contributed by atoms with E-state index in [4.69, 9.17) is 5.53 Å². The van der Waals surface area contributed by atoms with E-state index in [1.165, 1.54) is 5.56 Å². The molecule has 0 amide bonds. The zero-order valence-corrected chi connectivity index (χ0v) is 13.2. The van der Waals surface area contributed by atoms with Gasteiger partial charge in [0, 0.05) is 5.92 Å². The van der Waals surface area contributed by atoms with Crippen LogP contribution >= 0.6 is 0 Å². The van der Waals surface area contributed by atoms with E-state index in [2.05, 4.69) is 48.4 Å². The van der Waals surface area contributed by atoms with E-state index in [9.17, 15) is 0 Å². The average Bonchev–Trinajstić information content (AvgIpc) is 2.65. The van der Waals surface area contributed by atoms with E-state index in [1.807, 2.05) is 54.6 Å². The van der Waals surface area contributed by atoms with Crippen molar-refractivity contribution in [3.8, 4) is 0 Å². The molecule has 2 heteroatoms. The van der Waals surface area contributed by atoms with Crippen LogP contribution in [0.1, 0.15) is 29.5 Å². The fourth-order valence-corrected chi connectivity index (χ4v) is 3.26. The van der Waals surface area contributed by atoms with Crippen molar-refractivity contribution < 1.29 is 0 Å². The van der Waals surface area contributed by atoms with Gasteiger partial charge in [0.05, 0.1) is 0 Å². The van der Waals surface area contributed by atoms with Crippen LogP contribution in [0.3, 0.4) is 0 Å². The second kappa shape index (κ2) is 6.57. The van der Waals surface area contributed by atoms with Crippen molar-refractivity contribution in [1.82, 2.24) is 0 Å². The number of nitrogens with zero attached hydrogens (tertiary/aromatic N) is 1. The Hall–Kier alpha value is -2.74. The van der Waals surface area contributed by atoms with Crippen molar-refractivity contribution in [2.24, 2.45) is 5.11 Å². The maximum Gasteiger partial charge on any atom is 0.138 e. The molecule has 0 fully saturated rings. The predicted molar refractivity (Wildman–Crippen MR) is 93.7 cm³/mol. The molecule has 1 N–H and O–H groups in total. The third-order valence-electron chi connectivity index (χ3n) is 4.53. The molecule has 0 radical (unpaired) electrons. The van der Waals surface area contributed by atoms with Gasteiger partial charge in [0.15, 0.2) is 0 Å². The van der Waals surface area contributed by atoms with Gasteiger partial charge < -0.3 is 0 Å². The lowest BCUT2D eigenvalue weighted by atomic mass is 9.71. The third-order valence-corrected chi connectivity index (χ3v) is 4.53. The lowest BCUT2D eigenvalue weighted by Crippen LogP contribution is -2.31. The molecule has 0 aromatic heterocycles. The smallest absolute Gasteiger partial charge is 0.138 e. The summed E-state index contributed by atoms with van der Waals surface area (Å²) >= 11 is 0. The van der Waals surface area contributed by atoms with E-state index in [0.29, 0.717) is 0 Å². The van der Waals surface area contributed by atoms with Crippen molar-refractivity contribution in [2.75, 3.05) is 0 Å². The first kappa shape index (κ1) is 15.2. The van der Waals surface area contributed by atoms with Gasteiger partial charge >= 0.3 is 0 Å². The van der Waals surface area contributed by atoms with Crippen molar-refractivity contribution in [2.45, 2.75) is 18.4 Å². The number of benzene rings is 3. The molecular formula is C21H20N2. The van der Waals surface area contributed by atoms with Crippen LogP contribution in [0.25, 0.3) is 0 Å². The zero-order valence-electron chi connectivity index (χ0n) is 13.2. The second-order valence-electron chi connectivity index (χ2n) is 5.74. The van der Waals surface area contributed by atoms with Gasteiger partial charge in [-0.05, 0) is 16.7 Å². The topological polar surface area (TPSA) is 36.2 Å². The summed E-state index contributed by atoms with van der Waals surface area (Å²) in [4.78, 5) is 0. The standard InChI is InChI=1S/C21H20N2/c1-17(18-11-5-2-6-12-18)21(23-22,19-13-7-3-8-14-19)20-15-9-4-10-16-20/h2-17,22H,1H3. The van der Waals surface area contributed by atoms with Crippen LogP contribution in [0.5, 0.6) is 0 Å². The SMILES string of the molecule is CC(c1ccccc1)C(N=N)(c1ccccc1)c1ccccc1. The highest BCUT2D eigenvalue weighted by atomic mass is 15.0. The van der Waals surface area contributed by atoms with Crippen molar-refractivity contribution >= 4 is 0 Å². The molecule has 0 saturated carbocycles. The van der Waals surface area contributed by atoms with Crippen LogP contribution in [0.2, 0.25) is 0 Å². The first-order valence-corrected chi connectivity index (χ1v) is 7.83. The van der Waals surface area contributed by atoms with Gasteiger partial charge in [-0.1, -0.05) is 97.9 Å². The van der Waals surface area contributed by atoms with Gasteiger partial charge in [0.1, 0.15) is 5.54 Å². The van der Waals surface area contributed by atoms with Gasteiger partial charge in [0.2, 0.25) is 0 Å². The summed E-state index contributed by atoms with van der Waals surface area (Å²) in [5.74, 6) is 0.0472. The molecule has 0 spiro atoms. The Kier molecular flexibility index (Phi) is 4.33. The zero-order chi connectivity index (χ0) is 16.1. The van der Waals surface area contributed by atoms with E-state index >= 15 is 0 Å². The van der Waals surface area contributed by atoms with Crippen LogP contribution in [-0.2, 0) is 5.54 Å². The molecule has 23 heavy (non-hydrogen) atoms. The fourth-order valence-electron chi connectivity index (χ4n) is 3.26. The average molecular weight is 300 g/mol. The number of rotatable bonds is 5. The van der Waals surface area contributed by atoms with Gasteiger partial charge in [-0.15, -0.1) is 0 Å². The Labute approximate surface area is 137 Å². The molecule has 3 rings (SSSR count). The van der Waals surface area contributed by atoms with Crippen LogP contribution in [0.15, 0.2) is 96.1 Å². The highest BCUT2D eigenvalue weighted by Crippen LogP contribution is 2.45. The minimum absolute atomic E-state index is 0.0472. The Balaban J connectivity index is 2.23. The molecule has 2 nitrogen and oxygen atoms in total. The molecule has 1 atom stereocenters. The summed E-state index contributed by atoms with van der Waals surface area (Å²) in [5.41, 5.74) is 10.6. The van der Waals surface area contributed by atoms with E-state index in [1.54, 1.807) is 0 Å². The Bertz CT molecular complexity index is 712. The predicted octanol–water partition coefficient (Wildman–Crippen LogP) is 5.76. The first-order valence-electron chi connectivity index (χ1n) is 7.83. The van der Waals surface area contributed by atoms with Crippen molar-refractivity contribution in [1.29, 1.82) is 5.53 Å². The summed E-state index contributed by atoms with van der Waals surface area (Å²) in [5, 5.41) is 4.19. The van der Waals surface area contributed by atoms with Crippen LogP contribution in [-0.4, -0.2) is 0 Å². The van der Waals surface area contributed by atoms with Gasteiger partial charge in [-0.3, -0.25) is 0 Å². The molecule has 3 aromatic carbocycles. The van der Waals surface area contributed by atoms with E-state index < -0.39 is 5.54 Å². The Morgan fingerprint density at radius 2 is 1.09 bits per heavy atom. The molecule has 114 valence electrons. The van der Waals surface area contributed by atoms with Gasteiger partial charge in [-0.25, -0.2) is 5.53 Å². The molecule has 0 aliphatic heterocycles. The molecule has 0 aliphatic carbocycles. The quantitative estimate of drug-likeness (QED) is 0.581. The molecule has 0 saturated heterocycles. The molecule has 0 bridgehead atoms. The molecule has 0 aliphatic rings. The van der Waals surface area contributed by atoms with Crippen LogP contribution in [0, 0.1) is 5.53 Å². The second-order valence-corrected chi connectivity index (χ2v) is 5.74. The summed E-state index contributed by atoms with van der Waals surface area (Å²) in [7, 11) is 0. The minimum atomic E-state index is -0.718. The largest absolute Gasteiger partial charge is 0.209 e. The number of hydrogen-bond donors (Lipinski definition) is 1. The monoisotopic (exact) mass is 300 g/mol. The minimum Gasteiger partial charge on any atom is -0.209 e. The lowest BCUT2D eigenvalue weighted by molar-refractivity contribution is 0.421.